The summed E-state index contributed by atoms with van der Waals surface area (Å²) in [5.74, 6) is -0.421. The molecule has 0 aliphatic carbocycles. The molecule has 2 rings (SSSR count). The fourth-order valence-electron chi connectivity index (χ4n) is 2.58. The van der Waals surface area contributed by atoms with E-state index in [1.165, 1.54) is 4.90 Å². The molecule has 1 atom stereocenters. The lowest BCUT2D eigenvalue weighted by Gasteiger charge is -2.19. The van der Waals surface area contributed by atoms with Gasteiger partial charge in [0.15, 0.2) is 0 Å². The molecule has 1 N–H and O–H groups in total. The summed E-state index contributed by atoms with van der Waals surface area (Å²) in [6.07, 6.45) is -0.273. The maximum atomic E-state index is 13.1. The van der Waals surface area contributed by atoms with Gasteiger partial charge in [-0.3, -0.25) is 4.79 Å². The van der Waals surface area contributed by atoms with Crippen molar-refractivity contribution in [2.24, 2.45) is 0 Å². The molecule has 2 amide bonds. The number of ether oxygens (including phenoxy) is 1. The van der Waals surface area contributed by atoms with Crippen molar-refractivity contribution in [2.75, 3.05) is 18.0 Å². The van der Waals surface area contributed by atoms with Gasteiger partial charge >= 0.3 is 16.3 Å². The minimum Gasteiger partial charge on any atom is -0.444 e. The first-order valence-electron chi connectivity index (χ1n) is 8.25. The van der Waals surface area contributed by atoms with E-state index in [0.29, 0.717) is 18.7 Å². The van der Waals surface area contributed by atoms with E-state index in [4.69, 9.17) is 4.74 Å². The highest BCUT2D eigenvalue weighted by molar-refractivity contribution is 7.87. The summed E-state index contributed by atoms with van der Waals surface area (Å²) in [5.41, 5.74) is 0.884. The average Bonchev–Trinajstić information content (AvgIpc) is 2.88. The quantitative estimate of drug-likeness (QED) is 0.783. The number of alkyl carbamates (subject to hydrolysis) is 1. The van der Waals surface area contributed by atoms with Crippen LogP contribution in [0.15, 0.2) is 24.3 Å². The molecule has 1 saturated heterocycles. The zero-order valence-electron chi connectivity index (χ0n) is 15.0. The third-order valence-corrected chi connectivity index (χ3v) is 4.93. The van der Waals surface area contributed by atoms with Crippen molar-refractivity contribution in [1.29, 1.82) is 0 Å². The van der Waals surface area contributed by atoms with Gasteiger partial charge in [0, 0.05) is 25.2 Å². The van der Waals surface area contributed by atoms with Gasteiger partial charge in [0.05, 0.1) is 0 Å². The van der Waals surface area contributed by atoms with E-state index >= 15 is 0 Å². The lowest BCUT2D eigenvalue weighted by Crippen LogP contribution is -2.33. The molecule has 7 nitrogen and oxygen atoms in total. The van der Waals surface area contributed by atoms with Crippen LogP contribution in [-0.2, 0) is 26.2 Å². The van der Waals surface area contributed by atoms with E-state index in [0.717, 1.165) is 5.56 Å². The molecule has 1 aromatic carbocycles. The van der Waals surface area contributed by atoms with Gasteiger partial charge in [-0.25, -0.2) is 4.79 Å². The Hall–Kier alpha value is -2.16. The minimum atomic E-state index is -4.73. The number of halogens is 1. The third kappa shape index (κ3) is 5.69. The number of hydrogen-bond acceptors (Lipinski definition) is 5. The average molecular weight is 386 g/mol. The van der Waals surface area contributed by atoms with Crippen molar-refractivity contribution in [3.05, 3.63) is 29.8 Å². The van der Waals surface area contributed by atoms with Gasteiger partial charge < -0.3 is 15.0 Å². The van der Waals surface area contributed by atoms with Gasteiger partial charge in [-0.1, -0.05) is 12.1 Å². The summed E-state index contributed by atoms with van der Waals surface area (Å²) in [6, 6.07) is 6.90. The molecule has 0 spiro atoms. The number of anilines is 1. The molecule has 144 valence electrons. The largest absolute Gasteiger partial charge is 0.444 e. The normalized spacial score (nSPS) is 18.1. The van der Waals surface area contributed by atoms with E-state index in [2.05, 4.69) is 5.32 Å². The molecule has 1 aliphatic rings. The van der Waals surface area contributed by atoms with E-state index < -0.39 is 33.1 Å². The molecular weight excluding hydrogens is 363 g/mol. The fraction of sp³-hybridized carbons (Fsp3) is 0.529. The van der Waals surface area contributed by atoms with E-state index in [1.807, 2.05) is 0 Å². The van der Waals surface area contributed by atoms with Crippen molar-refractivity contribution in [3.8, 4) is 0 Å². The van der Waals surface area contributed by atoms with Gasteiger partial charge in [0.25, 0.3) is 0 Å². The summed E-state index contributed by atoms with van der Waals surface area (Å²) in [4.78, 5) is 24.7. The first-order valence-corrected chi connectivity index (χ1v) is 9.70. The van der Waals surface area contributed by atoms with Crippen molar-refractivity contribution in [1.82, 2.24) is 5.32 Å². The highest BCUT2D eigenvalue weighted by Gasteiger charge is 2.38. The number of rotatable bonds is 5. The highest BCUT2D eigenvalue weighted by atomic mass is 32.3. The molecule has 1 heterocycles. The molecule has 0 saturated carbocycles. The minimum absolute atomic E-state index is 0.183. The second kappa shape index (κ2) is 7.61. The molecule has 0 radical (unpaired) electrons. The Morgan fingerprint density at radius 2 is 1.92 bits per heavy atom. The molecule has 1 aliphatic heterocycles. The molecule has 0 bridgehead atoms. The van der Waals surface area contributed by atoms with Crippen LogP contribution in [0.5, 0.6) is 0 Å². The SMILES string of the molecule is CC(C)(C)OC(=O)NCCc1ccc(N2CC(S(=O)(=O)F)CC2=O)cc1. The first kappa shape index (κ1) is 20.2. The summed E-state index contributed by atoms with van der Waals surface area (Å²) < 4.78 is 40.2. The fourth-order valence-corrected chi connectivity index (χ4v) is 3.25. The molecule has 26 heavy (non-hydrogen) atoms. The number of carbonyl (C=O) groups excluding carboxylic acids is 2. The van der Waals surface area contributed by atoms with Gasteiger partial charge in [0.2, 0.25) is 5.91 Å². The molecule has 1 aromatic rings. The molecule has 1 unspecified atom stereocenters. The van der Waals surface area contributed by atoms with Gasteiger partial charge in [-0.15, -0.1) is 3.89 Å². The van der Waals surface area contributed by atoms with Gasteiger partial charge in [-0.05, 0) is 44.9 Å². The van der Waals surface area contributed by atoms with E-state index in [-0.39, 0.29) is 13.0 Å². The summed E-state index contributed by atoms with van der Waals surface area (Å²) >= 11 is 0. The Kier molecular flexibility index (Phi) is 5.90. The zero-order chi connectivity index (χ0) is 19.5. The smallest absolute Gasteiger partial charge is 0.407 e. The van der Waals surface area contributed by atoms with Crippen molar-refractivity contribution in [2.45, 2.75) is 44.5 Å². The number of benzene rings is 1. The number of hydrogen-bond donors (Lipinski definition) is 1. The monoisotopic (exact) mass is 386 g/mol. The predicted molar refractivity (Wildman–Crippen MR) is 95.2 cm³/mol. The van der Waals surface area contributed by atoms with Crippen LogP contribution in [-0.4, -0.2) is 44.4 Å². The Labute approximate surface area is 152 Å². The van der Waals surface area contributed by atoms with Gasteiger partial charge in [0.1, 0.15) is 10.9 Å². The maximum Gasteiger partial charge on any atom is 0.407 e. The van der Waals surface area contributed by atoms with E-state index in [9.17, 15) is 21.9 Å². The van der Waals surface area contributed by atoms with Crippen LogP contribution in [0.1, 0.15) is 32.8 Å². The molecule has 1 fully saturated rings. The van der Waals surface area contributed by atoms with Crippen LogP contribution in [0.3, 0.4) is 0 Å². The highest BCUT2D eigenvalue weighted by Crippen LogP contribution is 2.26. The third-order valence-electron chi connectivity index (χ3n) is 3.82. The molecule has 9 heteroatoms. The second-order valence-corrected chi connectivity index (χ2v) is 8.77. The van der Waals surface area contributed by atoms with Crippen molar-refractivity contribution in [3.63, 3.8) is 0 Å². The maximum absolute atomic E-state index is 13.1. The van der Waals surface area contributed by atoms with Crippen LogP contribution >= 0.6 is 0 Å². The standard InChI is InChI=1S/C17H23FN2O5S/c1-17(2,3)25-16(22)19-9-8-12-4-6-13(7-5-12)20-11-14(10-15(20)21)26(18,23)24/h4-7,14H,8-11H2,1-3H3,(H,19,22). The van der Waals surface area contributed by atoms with Crippen molar-refractivity contribution >= 4 is 27.9 Å². The van der Waals surface area contributed by atoms with Crippen LogP contribution in [0, 0.1) is 0 Å². The Balaban J connectivity index is 1.89. The van der Waals surface area contributed by atoms with E-state index in [1.54, 1.807) is 45.0 Å². The number of carbonyl (C=O) groups is 2. The number of amides is 2. The first-order chi connectivity index (χ1) is 12.0. The topological polar surface area (TPSA) is 92.8 Å². The lowest BCUT2D eigenvalue weighted by atomic mass is 10.1. The van der Waals surface area contributed by atoms with Crippen LogP contribution in [0.25, 0.3) is 0 Å². The number of nitrogens with one attached hydrogen (secondary N) is 1. The zero-order valence-corrected chi connectivity index (χ0v) is 15.8. The summed E-state index contributed by atoms with van der Waals surface area (Å²) in [5, 5.41) is 1.34. The number of nitrogens with zero attached hydrogens (tertiary/aromatic N) is 1. The molecular formula is C17H23FN2O5S. The lowest BCUT2D eigenvalue weighted by molar-refractivity contribution is -0.117. The van der Waals surface area contributed by atoms with Crippen LogP contribution in [0.2, 0.25) is 0 Å². The predicted octanol–water partition coefficient (Wildman–Crippen LogP) is 2.16. The molecule has 0 aromatic heterocycles. The van der Waals surface area contributed by atoms with Gasteiger partial charge in [-0.2, -0.15) is 8.42 Å². The summed E-state index contributed by atoms with van der Waals surface area (Å²) in [6.45, 7) is 5.55. The second-order valence-electron chi connectivity index (χ2n) is 7.15. The Bertz CT molecular complexity index is 771. The Morgan fingerprint density at radius 1 is 1.31 bits per heavy atom. The van der Waals surface area contributed by atoms with Crippen molar-refractivity contribution < 1.29 is 26.6 Å². The Morgan fingerprint density at radius 3 is 2.42 bits per heavy atom. The summed E-state index contributed by atoms with van der Waals surface area (Å²) in [7, 11) is -4.73. The van der Waals surface area contributed by atoms with Crippen LogP contribution < -0.4 is 10.2 Å². The van der Waals surface area contributed by atoms with Crippen LogP contribution in [0.4, 0.5) is 14.4 Å².